The number of benzene rings is 1. The highest BCUT2D eigenvalue weighted by Crippen LogP contribution is 2.12. The SMILES string of the molecule is Cl.O=C1CCC(NCc2cccc(F)c2F)C(=O)N1. The minimum absolute atomic E-state index is 0. The smallest absolute Gasteiger partial charge is 0.243 e. The second kappa shape index (κ2) is 6.58. The number of halogens is 3. The average molecular weight is 291 g/mol. The molecule has 2 N–H and O–H groups in total. The molecule has 0 radical (unpaired) electrons. The van der Waals surface area contributed by atoms with E-state index in [0.29, 0.717) is 6.42 Å². The van der Waals surface area contributed by atoms with E-state index in [2.05, 4.69) is 10.6 Å². The normalized spacial score (nSPS) is 18.7. The molecule has 19 heavy (non-hydrogen) atoms. The first-order valence-electron chi connectivity index (χ1n) is 5.58. The van der Waals surface area contributed by atoms with E-state index >= 15 is 0 Å². The molecule has 7 heteroatoms. The third-order valence-corrected chi connectivity index (χ3v) is 2.81. The summed E-state index contributed by atoms with van der Waals surface area (Å²) in [4.78, 5) is 22.3. The highest BCUT2D eigenvalue weighted by atomic mass is 35.5. The topological polar surface area (TPSA) is 58.2 Å². The molecule has 1 saturated heterocycles. The summed E-state index contributed by atoms with van der Waals surface area (Å²) >= 11 is 0. The summed E-state index contributed by atoms with van der Waals surface area (Å²) in [5.74, 6) is -2.58. The van der Waals surface area contributed by atoms with Gasteiger partial charge in [-0.05, 0) is 12.5 Å². The van der Waals surface area contributed by atoms with Crippen molar-refractivity contribution in [3.8, 4) is 0 Å². The van der Waals surface area contributed by atoms with Crippen molar-refractivity contribution >= 4 is 24.2 Å². The van der Waals surface area contributed by atoms with Crippen LogP contribution in [0.2, 0.25) is 0 Å². The number of rotatable bonds is 3. The zero-order valence-electron chi connectivity index (χ0n) is 9.91. The van der Waals surface area contributed by atoms with E-state index in [9.17, 15) is 18.4 Å². The Kier molecular flexibility index (Phi) is 5.38. The molecule has 4 nitrogen and oxygen atoms in total. The molecule has 2 rings (SSSR count). The quantitative estimate of drug-likeness (QED) is 0.825. The molecule has 1 aromatic rings. The molecule has 104 valence electrons. The monoisotopic (exact) mass is 290 g/mol. The van der Waals surface area contributed by atoms with Crippen LogP contribution in [-0.4, -0.2) is 17.9 Å². The van der Waals surface area contributed by atoms with Gasteiger partial charge in [0.05, 0.1) is 6.04 Å². The Bertz CT molecular complexity index is 497. The third-order valence-electron chi connectivity index (χ3n) is 2.81. The lowest BCUT2D eigenvalue weighted by Gasteiger charge is -2.21. The molecule has 2 amide bonds. The van der Waals surface area contributed by atoms with Crippen molar-refractivity contribution in [2.45, 2.75) is 25.4 Å². The summed E-state index contributed by atoms with van der Waals surface area (Å²) in [6.07, 6.45) is 0.608. The Morgan fingerprint density at radius 2 is 2.05 bits per heavy atom. The average Bonchev–Trinajstić information content (AvgIpc) is 2.33. The minimum Gasteiger partial charge on any atom is -0.302 e. The van der Waals surface area contributed by atoms with Crippen LogP contribution in [0.1, 0.15) is 18.4 Å². The summed E-state index contributed by atoms with van der Waals surface area (Å²) < 4.78 is 26.3. The third kappa shape index (κ3) is 3.71. The number of imide groups is 1. The number of hydrogen-bond donors (Lipinski definition) is 2. The van der Waals surface area contributed by atoms with Crippen molar-refractivity contribution in [1.82, 2.24) is 10.6 Å². The number of hydrogen-bond acceptors (Lipinski definition) is 3. The lowest BCUT2D eigenvalue weighted by atomic mass is 10.1. The second-order valence-electron chi connectivity index (χ2n) is 4.10. The number of carbonyl (C=O) groups excluding carboxylic acids is 2. The van der Waals surface area contributed by atoms with Gasteiger partial charge < -0.3 is 5.32 Å². The number of carbonyl (C=O) groups is 2. The zero-order chi connectivity index (χ0) is 13.1. The van der Waals surface area contributed by atoms with Crippen LogP contribution < -0.4 is 10.6 Å². The van der Waals surface area contributed by atoms with Crippen molar-refractivity contribution < 1.29 is 18.4 Å². The van der Waals surface area contributed by atoms with Crippen LogP contribution in [0.4, 0.5) is 8.78 Å². The Hall–Kier alpha value is -1.53. The van der Waals surface area contributed by atoms with Gasteiger partial charge in [-0.25, -0.2) is 8.78 Å². The molecular formula is C12H13ClF2N2O2. The lowest BCUT2D eigenvalue weighted by Crippen LogP contribution is -2.50. The molecule has 1 fully saturated rings. The van der Waals surface area contributed by atoms with Gasteiger partial charge in [-0.3, -0.25) is 14.9 Å². The lowest BCUT2D eigenvalue weighted by molar-refractivity contribution is -0.134. The fraction of sp³-hybridized carbons (Fsp3) is 0.333. The molecule has 1 atom stereocenters. The first-order valence-corrected chi connectivity index (χ1v) is 5.58. The van der Waals surface area contributed by atoms with Crippen LogP contribution in [-0.2, 0) is 16.1 Å². The van der Waals surface area contributed by atoms with Gasteiger partial charge in [0.15, 0.2) is 11.6 Å². The van der Waals surface area contributed by atoms with E-state index in [0.717, 1.165) is 6.07 Å². The van der Waals surface area contributed by atoms with Crippen molar-refractivity contribution in [3.05, 3.63) is 35.4 Å². The molecule has 1 unspecified atom stereocenters. The first-order chi connectivity index (χ1) is 8.58. The second-order valence-corrected chi connectivity index (χ2v) is 4.10. The summed E-state index contributed by atoms with van der Waals surface area (Å²) in [6.45, 7) is 0.0376. The van der Waals surface area contributed by atoms with E-state index in [1.807, 2.05) is 0 Å². The fourth-order valence-corrected chi connectivity index (χ4v) is 1.81. The van der Waals surface area contributed by atoms with Crippen molar-refractivity contribution in [2.24, 2.45) is 0 Å². The number of nitrogens with one attached hydrogen (secondary N) is 2. The predicted molar refractivity (Wildman–Crippen MR) is 66.6 cm³/mol. The van der Waals surface area contributed by atoms with Gasteiger partial charge in [0, 0.05) is 18.5 Å². The van der Waals surface area contributed by atoms with Gasteiger partial charge in [0.25, 0.3) is 0 Å². The molecule has 1 aromatic carbocycles. The van der Waals surface area contributed by atoms with E-state index in [-0.39, 0.29) is 36.8 Å². The molecule has 0 aromatic heterocycles. The van der Waals surface area contributed by atoms with Gasteiger partial charge in [0.1, 0.15) is 0 Å². The highest BCUT2D eigenvalue weighted by molar-refractivity contribution is 6.00. The Morgan fingerprint density at radius 3 is 2.74 bits per heavy atom. The minimum atomic E-state index is -0.919. The van der Waals surface area contributed by atoms with Crippen LogP contribution in [0, 0.1) is 11.6 Å². The van der Waals surface area contributed by atoms with Crippen molar-refractivity contribution in [1.29, 1.82) is 0 Å². The first kappa shape index (κ1) is 15.5. The van der Waals surface area contributed by atoms with Crippen molar-refractivity contribution in [2.75, 3.05) is 0 Å². The highest BCUT2D eigenvalue weighted by Gasteiger charge is 2.26. The maximum absolute atomic E-state index is 13.3. The predicted octanol–water partition coefficient (Wildman–Crippen LogP) is 1.28. The van der Waals surface area contributed by atoms with Gasteiger partial charge in [-0.1, -0.05) is 12.1 Å². The van der Waals surface area contributed by atoms with Crippen LogP contribution in [0.25, 0.3) is 0 Å². The van der Waals surface area contributed by atoms with Gasteiger partial charge in [0.2, 0.25) is 11.8 Å². The summed E-state index contributed by atoms with van der Waals surface area (Å²) in [5, 5.41) is 4.99. The van der Waals surface area contributed by atoms with Crippen LogP contribution in [0.5, 0.6) is 0 Å². The molecule has 1 heterocycles. The Morgan fingerprint density at radius 1 is 1.32 bits per heavy atom. The van der Waals surface area contributed by atoms with Crippen molar-refractivity contribution in [3.63, 3.8) is 0 Å². The van der Waals surface area contributed by atoms with E-state index in [1.165, 1.54) is 12.1 Å². The van der Waals surface area contributed by atoms with E-state index in [1.54, 1.807) is 0 Å². The van der Waals surface area contributed by atoms with Gasteiger partial charge in [-0.15, -0.1) is 12.4 Å². The zero-order valence-corrected chi connectivity index (χ0v) is 10.7. The molecular weight excluding hydrogens is 278 g/mol. The Balaban J connectivity index is 0.00000180. The van der Waals surface area contributed by atoms with Gasteiger partial charge in [-0.2, -0.15) is 0 Å². The standard InChI is InChI=1S/C12H12F2N2O2.ClH/c13-8-3-1-2-7(11(8)14)6-15-9-4-5-10(17)16-12(9)18;/h1-3,9,15H,4-6H2,(H,16,17,18);1H. The molecule has 1 aliphatic rings. The van der Waals surface area contributed by atoms with Crippen LogP contribution in [0.3, 0.4) is 0 Å². The molecule has 0 saturated carbocycles. The molecule has 0 bridgehead atoms. The van der Waals surface area contributed by atoms with E-state index < -0.39 is 23.6 Å². The Labute approximate surface area is 115 Å². The summed E-state index contributed by atoms with van der Waals surface area (Å²) in [6, 6.07) is 3.33. The maximum atomic E-state index is 13.3. The summed E-state index contributed by atoms with van der Waals surface area (Å²) in [5.41, 5.74) is 0.153. The fourth-order valence-electron chi connectivity index (χ4n) is 1.81. The van der Waals surface area contributed by atoms with Gasteiger partial charge >= 0.3 is 0 Å². The van der Waals surface area contributed by atoms with Crippen LogP contribution in [0.15, 0.2) is 18.2 Å². The largest absolute Gasteiger partial charge is 0.302 e. The van der Waals surface area contributed by atoms with E-state index in [4.69, 9.17) is 0 Å². The summed E-state index contributed by atoms with van der Waals surface area (Å²) in [7, 11) is 0. The molecule has 0 spiro atoms. The molecule has 0 aliphatic carbocycles. The maximum Gasteiger partial charge on any atom is 0.243 e. The molecule has 1 aliphatic heterocycles. The number of piperidine rings is 1. The van der Waals surface area contributed by atoms with Crippen LogP contribution >= 0.6 is 12.4 Å². The number of amides is 2.